The van der Waals surface area contributed by atoms with Gasteiger partial charge >= 0.3 is 0 Å². The number of ether oxygens (including phenoxy) is 1. The fourth-order valence-electron chi connectivity index (χ4n) is 3.47. The minimum Gasteiger partial charge on any atom is -0.386 e. The van der Waals surface area contributed by atoms with Crippen molar-refractivity contribution in [3.05, 3.63) is 104 Å². The summed E-state index contributed by atoms with van der Waals surface area (Å²) in [6, 6.07) is 18.2. The van der Waals surface area contributed by atoms with Crippen LogP contribution in [0.3, 0.4) is 0 Å². The van der Waals surface area contributed by atoms with Crippen LogP contribution in [0.2, 0.25) is 5.02 Å². The van der Waals surface area contributed by atoms with Crippen LogP contribution in [-0.4, -0.2) is 22.2 Å². The van der Waals surface area contributed by atoms with E-state index in [1.807, 2.05) is 42.5 Å². The predicted molar refractivity (Wildman–Crippen MR) is 131 cm³/mol. The number of aliphatic hydroxyl groups is 1. The minimum absolute atomic E-state index is 0.0868. The van der Waals surface area contributed by atoms with Crippen molar-refractivity contribution in [2.75, 3.05) is 6.61 Å². The predicted octanol–water partition coefficient (Wildman–Crippen LogP) is 4.43. The summed E-state index contributed by atoms with van der Waals surface area (Å²) in [5, 5.41) is 14.1. The highest BCUT2D eigenvalue weighted by Crippen LogP contribution is 2.24. The normalized spacial score (nSPS) is 12.1. The van der Waals surface area contributed by atoms with E-state index in [0.29, 0.717) is 17.0 Å². The van der Waals surface area contributed by atoms with Gasteiger partial charge in [-0.3, -0.25) is 9.59 Å². The maximum absolute atomic E-state index is 13.0. The lowest BCUT2D eigenvalue weighted by atomic mass is 10.1. The Morgan fingerprint density at radius 1 is 1.18 bits per heavy atom. The fourth-order valence-corrected chi connectivity index (χ4v) is 4.62. The van der Waals surface area contributed by atoms with E-state index in [9.17, 15) is 14.7 Å². The van der Waals surface area contributed by atoms with Crippen molar-refractivity contribution in [3.8, 4) is 0 Å². The minimum atomic E-state index is -0.720. The number of benzene rings is 2. The fraction of sp³-hybridized carbons (Fsp3) is 0.200. The molecule has 0 saturated heterocycles. The zero-order valence-corrected chi connectivity index (χ0v) is 19.5. The Morgan fingerprint density at radius 3 is 2.64 bits per heavy atom. The Labute approximate surface area is 200 Å². The van der Waals surface area contributed by atoms with Gasteiger partial charge in [-0.15, -0.1) is 11.3 Å². The van der Waals surface area contributed by atoms with Crippen LogP contribution in [0.5, 0.6) is 0 Å². The lowest BCUT2D eigenvalue weighted by molar-refractivity contribution is 0.0287. The third-order valence-electron chi connectivity index (χ3n) is 5.21. The monoisotopic (exact) mass is 482 g/mol. The zero-order valence-electron chi connectivity index (χ0n) is 18.0. The summed E-state index contributed by atoms with van der Waals surface area (Å²) in [6.45, 7) is 0.706. The number of amides is 1. The second-order valence-electron chi connectivity index (χ2n) is 7.67. The number of halogens is 1. The SMILES string of the molecule is Cn1cc(C(=O)NCc2ccc(Cl)cc2)c(=O)c2cc(COCC(O)c3ccccc3)sc21. The van der Waals surface area contributed by atoms with Gasteiger partial charge < -0.3 is 19.7 Å². The molecule has 2 aromatic heterocycles. The van der Waals surface area contributed by atoms with Crippen LogP contribution in [0, 0.1) is 0 Å². The molecule has 170 valence electrons. The Bertz CT molecular complexity index is 1320. The third-order valence-corrected chi connectivity index (χ3v) is 6.66. The number of thiophene rings is 1. The summed E-state index contributed by atoms with van der Waals surface area (Å²) in [4.78, 5) is 27.3. The molecule has 0 fully saturated rings. The molecule has 1 unspecified atom stereocenters. The number of hydrogen-bond acceptors (Lipinski definition) is 5. The van der Waals surface area contributed by atoms with Gasteiger partial charge in [-0.05, 0) is 29.3 Å². The van der Waals surface area contributed by atoms with Crippen LogP contribution >= 0.6 is 22.9 Å². The molecule has 2 heterocycles. The Hall–Kier alpha value is -2.97. The number of nitrogens with zero attached hydrogens (tertiary/aromatic N) is 1. The molecule has 6 nitrogen and oxygen atoms in total. The standard InChI is InChI=1S/C25H23ClN2O4S/c1-28-13-21(24(31)27-12-16-7-9-18(26)10-8-16)23(30)20-11-19(33-25(20)28)14-32-15-22(29)17-5-3-2-4-6-17/h2-11,13,22,29H,12,14-15H2,1H3,(H,27,31). The summed E-state index contributed by atoms with van der Waals surface area (Å²) in [6.07, 6.45) is 0.838. The van der Waals surface area contributed by atoms with Gasteiger partial charge in [-0.25, -0.2) is 0 Å². The van der Waals surface area contributed by atoms with E-state index in [2.05, 4.69) is 5.32 Å². The van der Waals surface area contributed by atoms with Crippen molar-refractivity contribution in [3.63, 3.8) is 0 Å². The number of fused-ring (bicyclic) bond motifs is 1. The zero-order chi connectivity index (χ0) is 23.4. The van der Waals surface area contributed by atoms with Gasteiger partial charge in [0, 0.05) is 29.7 Å². The van der Waals surface area contributed by atoms with Gasteiger partial charge in [0.1, 0.15) is 16.5 Å². The topological polar surface area (TPSA) is 80.6 Å². The molecule has 4 rings (SSSR count). The van der Waals surface area contributed by atoms with Crippen molar-refractivity contribution in [2.45, 2.75) is 19.3 Å². The van der Waals surface area contributed by atoms with E-state index in [1.54, 1.807) is 36.0 Å². The van der Waals surface area contributed by atoms with Gasteiger partial charge in [0.05, 0.1) is 18.6 Å². The van der Waals surface area contributed by atoms with E-state index < -0.39 is 12.0 Å². The molecule has 33 heavy (non-hydrogen) atoms. The summed E-state index contributed by atoms with van der Waals surface area (Å²) in [5.74, 6) is -0.428. The van der Waals surface area contributed by atoms with E-state index in [0.717, 1.165) is 20.8 Å². The van der Waals surface area contributed by atoms with Crippen LogP contribution in [0.25, 0.3) is 10.2 Å². The largest absolute Gasteiger partial charge is 0.386 e. The molecule has 1 amide bonds. The molecule has 0 aliphatic rings. The van der Waals surface area contributed by atoms with E-state index in [4.69, 9.17) is 16.3 Å². The third kappa shape index (κ3) is 5.51. The molecule has 1 atom stereocenters. The van der Waals surface area contributed by atoms with Crippen molar-refractivity contribution >= 4 is 39.1 Å². The van der Waals surface area contributed by atoms with Crippen LogP contribution in [-0.2, 0) is 24.9 Å². The first-order valence-electron chi connectivity index (χ1n) is 10.4. The number of rotatable bonds is 8. The number of aliphatic hydroxyl groups excluding tert-OH is 1. The lowest BCUT2D eigenvalue weighted by Gasteiger charge is -2.10. The summed E-state index contributed by atoms with van der Waals surface area (Å²) >= 11 is 7.32. The average Bonchev–Trinajstić information content (AvgIpc) is 3.26. The van der Waals surface area contributed by atoms with Crippen LogP contribution in [0.15, 0.2) is 71.7 Å². The molecular formula is C25H23ClN2O4S. The molecule has 8 heteroatoms. The van der Waals surface area contributed by atoms with Crippen molar-refractivity contribution in [2.24, 2.45) is 7.05 Å². The Balaban J connectivity index is 1.44. The van der Waals surface area contributed by atoms with E-state index in [1.165, 1.54) is 11.3 Å². The quantitative estimate of drug-likeness (QED) is 0.389. The van der Waals surface area contributed by atoms with Gasteiger partial charge in [0.15, 0.2) is 0 Å². The number of pyridine rings is 1. The van der Waals surface area contributed by atoms with Crippen molar-refractivity contribution in [1.82, 2.24) is 9.88 Å². The molecule has 0 aliphatic heterocycles. The van der Waals surface area contributed by atoms with Crippen LogP contribution < -0.4 is 10.7 Å². The Kier molecular flexibility index (Phi) is 7.25. The van der Waals surface area contributed by atoms with Gasteiger partial charge in [-0.1, -0.05) is 54.1 Å². The Morgan fingerprint density at radius 2 is 1.91 bits per heavy atom. The molecule has 2 aromatic carbocycles. The molecular weight excluding hydrogens is 460 g/mol. The van der Waals surface area contributed by atoms with E-state index in [-0.39, 0.29) is 24.2 Å². The molecule has 0 aliphatic carbocycles. The molecule has 0 spiro atoms. The first kappa shape index (κ1) is 23.2. The first-order valence-corrected chi connectivity index (χ1v) is 11.6. The number of aromatic nitrogens is 1. The maximum Gasteiger partial charge on any atom is 0.257 e. The van der Waals surface area contributed by atoms with Gasteiger partial charge in [0.2, 0.25) is 5.43 Å². The van der Waals surface area contributed by atoms with Gasteiger partial charge in [0.25, 0.3) is 5.91 Å². The molecule has 0 radical (unpaired) electrons. The highest BCUT2D eigenvalue weighted by molar-refractivity contribution is 7.18. The number of carbonyl (C=O) groups is 1. The van der Waals surface area contributed by atoms with Crippen molar-refractivity contribution in [1.29, 1.82) is 0 Å². The molecule has 4 aromatic rings. The smallest absolute Gasteiger partial charge is 0.257 e. The highest BCUT2D eigenvalue weighted by Gasteiger charge is 2.17. The number of hydrogen-bond donors (Lipinski definition) is 2. The lowest BCUT2D eigenvalue weighted by Crippen LogP contribution is -2.29. The number of carbonyl (C=O) groups excluding carboxylic acids is 1. The maximum atomic E-state index is 13.0. The summed E-state index contributed by atoms with van der Waals surface area (Å²) < 4.78 is 7.46. The second kappa shape index (κ2) is 10.3. The van der Waals surface area contributed by atoms with Gasteiger partial charge in [-0.2, -0.15) is 0 Å². The second-order valence-corrected chi connectivity index (χ2v) is 9.22. The average molecular weight is 483 g/mol. The molecule has 0 saturated carbocycles. The van der Waals surface area contributed by atoms with E-state index >= 15 is 0 Å². The highest BCUT2D eigenvalue weighted by atomic mass is 35.5. The first-order chi connectivity index (χ1) is 15.9. The number of aryl methyl sites for hydroxylation is 1. The molecule has 0 bridgehead atoms. The number of nitrogens with one attached hydrogen (secondary N) is 1. The molecule has 2 N–H and O–H groups in total. The summed E-state index contributed by atoms with van der Waals surface area (Å²) in [5.41, 5.74) is 1.45. The van der Waals surface area contributed by atoms with Crippen LogP contribution in [0.4, 0.5) is 0 Å². The van der Waals surface area contributed by atoms with Crippen molar-refractivity contribution < 1.29 is 14.6 Å². The van der Waals surface area contributed by atoms with Crippen LogP contribution in [0.1, 0.15) is 32.5 Å². The summed E-state index contributed by atoms with van der Waals surface area (Å²) in [7, 11) is 1.80.